The van der Waals surface area contributed by atoms with Crippen LogP contribution in [0, 0.1) is 0 Å². The van der Waals surface area contributed by atoms with Crippen molar-refractivity contribution in [3.05, 3.63) is 12.7 Å². The van der Waals surface area contributed by atoms with Gasteiger partial charge in [-0.1, -0.05) is 6.08 Å². The molecule has 0 aromatic heterocycles. The van der Waals surface area contributed by atoms with Crippen molar-refractivity contribution in [2.75, 3.05) is 6.54 Å². The highest BCUT2D eigenvalue weighted by Gasteiger charge is 2.11. The van der Waals surface area contributed by atoms with E-state index in [1.54, 1.807) is 13.0 Å². The molecule has 0 saturated carbocycles. The maximum Gasteiger partial charge on any atom is 0.242 e. The fraction of sp³-hybridized carbons (Fsp3) is 0.500. The topological polar surface area (TPSA) is 58.2 Å². The summed E-state index contributed by atoms with van der Waals surface area (Å²) >= 11 is 0. The monoisotopic (exact) mass is 170 g/mol. The van der Waals surface area contributed by atoms with Gasteiger partial charge in [-0.2, -0.15) is 0 Å². The molecule has 0 aromatic carbocycles. The summed E-state index contributed by atoms with van der Waals surface area (Å²) in [6, 6.07) is -0.484. The van der Waals surface area contributed by atoms with Gasteiger partial charge in [-0.05, 0) is 6.92 Å². The third-order valence-electron chi connectivity index (χ3n) is 1.23. The fourth-order valence-corrected chi connectivity index (χ4v) is 0.696. The van der Waals surface area contributed by atoms with Gasteiger partial charge in [0.2, 0.25) is 11.8 Å². The Hall–Kier alpha value is -1.32. The first-order valence-corrected chi connectivity index (χ1v) is 3.73. The van der Waals surface area contributed by atoms with Crippen LogP contribution < -0.4 is 10.6 Å². The van der Waals surface area contributed by atoms with Crippen molar-refractivity contribution in [2.24, 2.45) is 0 Å². The Morgan fingerprint density at radius 1 is 1.58 bits per heavy atom. The van der Waals surface area contributed by atoms with Crippen LogP contribution in [0.5, 0.6) is 0 Å². The van der Waals surface area contributed by atoms with Crippen molar-refractivity contribution in [1.82, 2.24) is 10.6 Å². The quantitative estimate of drug-likeness (QED) is 0.575. The predicted molar refractivity (Wildman–Crippen MR) is 46.5 cm³/mol. The standard InChI is InChI=1S/C8H14N2O2/c1-4-5-9-8(12)6(2)10-7(3)11/h4,6H,1,5H2,2-3H3,(H,9,12)(H,10,11). The van der Waals surface area contributed by atoms with Gasteiger partial charge in [0.25, 0.3) is 0 Å². The van der Waals surface area contributed by atoms with E-state index < -0.39 is 6.04 Å². The van der Waals surface area contributed by atoms with Gasteiger partial charge in [0.1, 0.15) is 6.04 Å². The zero-order valence-corrected chi connectivity index (χ0v) is 7.39. The molecule has 0 fully saturated rings. The largest absolute Gasteiger partial charge is 0.351 e. The lowest BCUT2D eigenvalue weighted by molar-refractivity contribution is -0.127. The number of hydrogen-bond acceptors (Lipinski definition) is 2. The van der Waals surface area contributed by atoms with Crippen LogP contribution in [-0.4, -0.2) is 24.4 Å². The van der Waals surface area contributed by atoms with Gasteiger partial charge in [-0.15, -0.1) is 6.58 Å². The van der Waals surface area contributed by atoms with Gasteiger partial charge in [0.05, 0.1) is 0 Å². The number of hydrogen-bond donors (Lipinski definition) is 2. The predicted octanol–water partition coefficient (Wildman–Crippen LogP) is -0.187. The molecule has 12 heavy (non-hydrogen) atoms. The summed E-state index contributed by atoms with van der Waals surface area (Å²) in [6.07, 6.45) is 1.58. The number of nitrogens with one attached hydrogen (secondary N) is 2. The second-order valence-electron chi connectivity index (χ2n) is 2.46. The molecule has 0 rings (SSSR count). The second-order valence-corrected chi connectivity index (χ2v) is 2.46. The maximum absolute atomic E-state index is 11.1. The Labute approximate surface area is 72.0 Å². The maximum atomic E-state index is 11.1. The molecule has 0 aliphatic heterocycles. The molecule has 0 bridgehead atoms. The Kier molecular flexibility index (Phi) is 4.76. The van der Waals surface area contributed by atoms with Crippen LogP contribution >= 0.6 is 0 Å². The van der Waals surface area contributed by atoms with Crippen molar-refractivity contribution in [2.45, 2.75) is 19.9 Å². The minimum Gasteiger partial charge on any atom is -0.351 e. The van der Waals surface area contributed by atoms with Crippen molar-refractivity contribution < 1.29 is 9.59 Å². The number of amides is 2. The summed E-state index contributed by atoms with van der Waals surface area (Å²) in [6.45, 7) is 6.87. The molecule has 68 valence electrons. The summed E-state index contributed by atoms with van der Waals surface area (Å²) in [5.74, 6) is -0.415. The van der Waals surface area contributed by atoms with E-state index in [0.29, 0.717) is 6.54 Å². The summed E-state index contributed by atoms with van der Waals surface area (Å²) in [5, 5.41) is 5.03. The molecular formula is C8H14N2O2. The molecule has 0 aliphatic carbocycles. The molecule has 0 aromatic rings. The van der Waals surface area contributed by atoms with Crippen molar-refractivity contribution in [1.29, 1.82) is 0 Å². The highest BCUT2D eigenvalue weighted by Crippen LogP contribution is 1.81. The van der Waals surface area contributed by atoms with Gasteiger partial charge in [-0.3, -0.25) is 9.59 Å². The highest BCUT2D eigenvalue weighted by atomic mass is 16.2. The second kappa shape index (κ2) is 5.35. The van der Waals surface area contributed by atoms with Crippen molar-refractivity contribution in [3.63, 3.8) is 0 Å². The SMILES string of the molecule is C=CCNC(=O)C(C)NC(C)=O. The lowest BCUT2D eigenvalue weighted by atomic mass is 10.3. The van der Waals surface area contributed by atoms with E-state index in [0.717, 1.165) is 0 Å². The Morgan fingerprint density at radius 3 is 2.58 bits per heavy atom. The molecule has 1 unspecified atom stereocenters. The van der Waals surface area contributed by atoms with Crippen LogP contribution in [0.4, 0.5) is 0 Å². The highest BCUT2D eigenvalue weighted by molar-refractivity contribution is 5.86. The minimum atomic E-state index is -0.484. The van der Waals surface area contributed by atoms with Crippen LogP contribution in [0.1, 0.15) is 13.8 Å². The lowest BCUT2D eigenvalue weighted by Crippen LogP contribution is -2.43. The van der Waals surface area contributed by atoms with Gasteiger partial charge in [0.15, 0.2) is 0 Å². The van der Waals surface area contributed by atoms with Crippen LogP contribution in [0.2, 0.25) is 0 Å². The van der Waals surface area contributed by atoms with E-state index in [1.807, 2.05) is 0 Å². The van der Waals surface area contributed by atoms with E-state index >= 15 is 0 Å². The van der Waals surface area contributed by atoms with Gasteiger partial charge in [-0.25, -0.2) is 0 Å². The molecule has 2 amide bonds. The molecule has 0 radical (unpaired) electrons. The summed E-state index contributed by atoms with van der Waals surface area (Å²) in [4.78, 5) is 21.6. The number of carbonyl (C=O) groups is 2. The van der Waals surface area contributed by atoms with E-state index in [2.05, 4.69) is 17.2 Å². The number of carbonyl (C=O) groups excluding carboxylic acids is 2. The van der Waals surface area contributed by atoms with Crippen molar-refractivity contribution >= 4 is 11.8 Å². The van der Waals surface area contributed by atoms with E-state index in [-0.39, 0.29) is 11.8 Å². The van der Waals surface area contributed by atoms with E-state index in [4.69, 9.17) is 0 Å². The van der Waals surface area contributed by atoms with Crippen LogP contribution in [0.25, 0.3) is 0 Å². The summed E-state index contributed by atoms with van der Waals surface area (Å²) < 4.78 is 0. The molecule has 0 heterocycles. The van der Waals surface area contributed by atoms with Gasteiger partial charge >= 0.3 is 0 Å². The average Bonchev–Trinajstić information content (AvgIpc) is 1.98. The summed E-state index contributed by atoms with van der Waals surface area (Å²) in [5.41, 5.74) is 0. The van der Waals surface area contributed by atoms with Crippen LogP contribution in [0.15, 0.2) is 12.7 Å². The minimum absolute atomic E-state index is 0.204. The summed E-state index contributed by atoms with van der Waals surface area (Å²) in [7, 11) is 0. The molecule has 0 spiro atoms. The third kappa shape index (κ3) is 4.49. The molecular weight excluding hydrogens is 156 g/mol. The molecule has 2 N–H and O–H groups in total. The Balaban J connectivity index is 3.76. The van der Waals surface area contributed by atoms with Crippen LogP contribution in [-0.2, 0) is 9.59 Å². The Bertz CT molecular complexity index is 189. The first kappa shape index (κ1) is 10.7. The number of rotatable bonds is 4. The van der Waals surface area contributed by atoms with E-state index in [1.165, 1.54) is 6.92 Å². The molecule has 4 nitrogen and oxygen atoms in total. The van der Waals surface area contributed by atoms with Crippen LogP contribution in [0.3, 0.4) is 0 Å². The normalized spacial score (nSPS) is 11.5. The molecule has 0 saturated heterocycles. The Morgan fingerprint density at radius 2 is 2.17 bits per heavy atom. The first-order valence-electron chi connectivity index (χ1n) is 3.73. The fourth-order valence-electron chi connectivity index (χ4n) is 0.696. The van der Waals surface area contributed by atoms with E-state index in [9.17, 15) is 9.59 Å². The lowest BCUT2D eigenvalue weighted by Gasteiger charge is -2.11. The molecule has 4 heteroatoms. The molecule has 0 aliphatic rings. The van der Waals surface area contributed by atoms with Crippen molar-refractivity contribution in [3.8, 4) is 0 Å². The first-order chi connectivity index (χ1) is 5.57. The van der Waals surface area contributed by atoms with Gasteiger partial charge < -0.3 is 10.6 Å². The zero-order valence-electron chi connectivity index (χ0n) is 7.39. The van der Waals surface area contributed by atoms with Gasteiger partial charge in [0, 0.05) is 13.5 Å². The molecule has 1 atom stereocenters. The average molecular weight is 170 g/mol. The smallest absolute Gasteiger partial charge is 0.242 e. The zero-order chi connectivity index (χ0) is 9.56. The third-order valence-corrected chi connectivity index (χ3v) is 1.23.